The molecule has 0 fully saturated rings. The van der Waals surface area contributed by atoms with Gasteiger partial charge in [0.15, 0.2) is 6.61 Å². The summed E-state index contributed by atoms with van der Waals surface area (Å²) in [5, 5.41) is 2.75. The van der Waals surface area contributed by atoms with Gasteiger partial charge >= 0.3 is 0 Å². The molecule has 0 radical (unpaired) electrons. The number of benzene rings is 1. The van der Waals surface area contributed by atoms with Crippen LogP contribution in [0.4, 0.5) is 0 Å². The Morgan fingerprint density at radius 1 is 1.22 bits per heavy atom. The quantitative estimate of drug-likeness (QED) is 0.839. The van der Waals surface area contributed by atoms with Gasteiger partial charge in [0.1, 0.15) is 5.75 Å². The summed E-state index contributed by atoms with van der Waals surface area (Å²) >= 11 is 0. The largest absolute Gasteiger partial charge is 0.484 e. The van der Waals surface area contributed by atoms with E-state index in [1.54, 1.807) is 7.05 Å². The van der Waals surface area contributed by atoms with E-state index in [9.17, 15) is 9.59 Å². The number of ether oxygens (including phenoxy) is 1. The third kappa shape index (κ3) is 6.30. The fourth-order valence-electron chi connectivity index (χ4n) is 2.31. The van der Waals surface area contributed by atoms with Crippen molar-refractivity contribution in [1.82, 2.24) is 10.2 Å². The van der Waals surface area contributed by atoms with E-state index in [0.29, 0.717) is 11.7 Å². The van der Waals surface area contributed by atoms with Gasteiger partial charge in [-0.25, -0.2) is 0 Å². The summed E-state index contributed by atoms with van der Waals surface area (Å²) in [6, 6.07) is 5.90. The van der Waals surface area contributed by atoms with Crippen LogP contribution in [-0.2, 0) is 9.59 Å². The fourth-order valence-corrected chi connectivity index (χ4v) is 2.31. The molecule has 0 saturated carbocycles. The highest BCUT2D eigenvalue weighted by molar-refractivity contribution is 5.85. The van der Waals surface area contributed by atoms with Gasteiger partial charge < -0.3 is 15.0 Å². The minimum absolute atomic E-state index is 0.0334. The first-order chi connectivity index (χ1) is 10.7. The summed E-state index contributed by atoms with van der Waals surface area (Å²) in [5.41, 5.74) is 2.42. The number of carbonyl (C=O) groups excluding carboxylic acids is 2. The molecule has 1 rings (SSSR count). The van der Waals surface area contributed by atoms with Crippen LogP contribution in [0, 0.1) is 6.92 Å². The lowest BCUT2D eigenvalue weighted by Crippen LogP contribution is -2.42. The van der Waals surface area contributed by atoms with Crippen molar-refractivity contribution in [2.24, 2.45) is 0 Å². The van der Waals surface area contributed by atoms with Crippen LogP contribution < -0.4 is 10.1 Å². The average molecular weight is 320 g/mol. The minimum Gasteiger partial charge on any atom is -0.484 e. The molecule has 23 heavy (non-hydrogen) atoms. The van der Waals surface area contributed by atoms with Gasteiger partial charge in [0.2, 0.25) is 5.91 Å². The third-order valence-electron chi connectivity index (χ3n) is 3.48. The highest BCUT2D eigenvalue weighted by Crippen LogP contribution is 2.23. The molecule has 0 bridgehead atoms. The van der Waals surface area contributed by atoms with Gasteiger partial charge in [0, 0.05) is 13.1 Å². The summed E-state index contributed by atoms with van der Waals surface area (Å²) in [7, 11) is 1.60. The molecule has 0 aromatic heterocycles. The number of hydrogen-bond donors (Lipinski definition) is 1. The lowest BCUT2D eigenvalue weighted by Gasteiger charge is -2.18. The molecule has 1 N–H and O–H groups in total. The van der Waals surface area contributed by atoms with E-state index in [1.807, 2.05) is 39.0 Å². The molecule has 5 heteroatoms. The molecule has 128 valence electrons. The Morgan fingerprint density at radius 3 is 2.39 bits per heavy atom. The van der Waals surface area contributed by atoms with Gasteiger partial charge in [-0.3, -0.25) is 9.59 Å². The number of aryl methyl sites for hydroxylation is 1. The Kier molecular flexibility index (Phi) is 7.07. The fraction of sp³-hybridized carbons (Fsp3) is 0.556. The zero-order valence-corrected chi connectivity index (χ0v) is 15.0. The van der Waals surface area contributed by atoms with Crippen LogP contribution in [-0.4, -0.2) is 43.0 Å². The lowest BCUT2D eigenvalue weighted by molar-refractivity contribution is -0.136. The van der Waals surface area contributed by atoms with Crippen LogP contribution in [0.15, 0.2) is 18.2 Å². The minimum atomic E-state index is -0.227. The first-order valence-corrected chi connectivity index (χ1v) is 7.97. The van der Waals surface area contributed by atoms with Crippen molar-refractivity contribution in [2.45, 2.75) is 46.6 Å². The maximum Gasteiger partial charge on any atom is 0.260 e. The summed E-state index contributed by atoms with van der Waals surface area (Å²) in [6.45, 7) is 10.0. The molecule has 0 aliphatic carbocycles. The van der Waals surface area contributed by atoms with Crippen LogP contribution in [0.25, 0.3) is 0 Å². The van der Waals surface area contributed by atoms with Crippen molar-refractivity contribution in [2.75, 3.05) is 20.2 Å². The van der Waals surface area contributed by atoms with Crippen molar-refractivity contribution in [3.05, 3.63) is 29.3 Å². The molecule has 0 aliphatic heterocycles. The SMILES string of the molecule is Cc1cc(OCC(=O)N(C)CC(=O)NC(C)C)ccc1C(C)C. The maximum atomic E-state index is 12.0. The Bertz CT molecular complexity index is 553. The number of amides is 2. The Labute approximate surface area is 139 Å². The zero-order chi connectivity index (χ0) is 17.6. The average Bonchev–Trinajstić information content (AvgIpc) is 2.43. The summed E-state index contributed by atoms with van der Waals surface area (Å²) < 4.78 is 5.54. The van der Waals surface area contributed by atoms with Gasteiger partial charge in [0.25, 0.3) is 5.91 Å². The first kappa shape index (κ1) is 19.0. The number of rotatable bonds is 7. The Morgan fingerprint density at radius 2 is 1.87 bits per heavy atom. The molecule has 0 atom stereocenters. The van der Waals surface area contributed by atoms with E-state index in [0.717, 1.165) is 5.56 Å². The number of nitrogens with zero attached hydrogens (tertiary/aromatic N) is 1. The Hall–Kier alpha value is -2.04. The highest BCUT2D eigenvalue weighted by atomic mass is 16.5. The van der Waals surface area contributed by atoms with Crippen LogP contribution in [0.2, 0.25) is 0 Å². The van der Waals surface area contributed by atoms with Crippen molar-refractivity contribution < 1.29 is 14.3 Å². The third-order valence-corrected chi connectivity index (χ3v) is 3.48. The number of carbonyl (C=O) groups is 2. The van der Waals surface area contributed by atoms with Gasteiger partial charge in [-0.05, 0) is 49.9 Å². The summed E-state index contributed by atoms with van der Waals surface area (Å²) in [4.78, 5) is 25.0. The second kappa shape index (κ2) is 8.56. The predicted octanol–water partition coefficient (Wildman–Crippen LogP) is 2.48. The maximum absolute atomic E-state index is 12.0. The molecule has 0 aliphatic rings. The number of nitrogens with one attached hydrogen (secondary N) is 1. The van der Waals surface area contributed by atoms with Crippen LogP contribution >= 0.6 is 0 Å². The molecular formula is C18H28N2O3. The molecule has 1 aromatic rings. The summed E-state index contributed by atoms with van der Waals surface area (Å²) in [6.07, 6.45) is 0. The smallest absolute Gasteiger partial charge is 0.260 e. The van der Waals surface area contributed by atoms with E-state index < -0.39 is 0 Å². The molecule has 0 heterocycles. The van der Waals surface area contributed by atoms with Gasteiger partial charge in [-0.15, -0.1) is 0 Å². The highest BCUT2D eigenvalue weighted by Gasteiger charge is 2.14. The van der Waals surface area contributed by atoms with Gasteiger partial charge in [-0.1, -0.05) is 19.9 Å². The van der Waals surface area contributed by atoms with Gasteiger partial charge in [0.05, 0.1) is 6.54 Å². The van der Waals surface area contributed by atoms with E-state index >= 15 is 0 Å². The van der Waals surface area contributed by atoms with E-state index in [2.05, 4.69) is 19.2 Å². The zero-order valence-electron chi connectivity index (χ0n) is 15.0. The van der Waals surface area contributed by atoms with Crippen molar-refractivity contribution in [3.8, 4) is 5.75 Å². The molecular weight excluding hydrogens is 292 g/mol. The topological polar surface area (TPSA) is 58.6 Å². The molecule has 1 aromatic carbocycles. The molecule has 0 spiro atoms. The second-order valence-electron chi connectivity index (χ2n) is 6.43. The van der Waals surface area contributed by atoms with Crippen molar-refractivity contribution in [1.29, 1.82) is 0 Å². The number of likely N-dealkylation sites (N-methyl/N-ethyl adjacent to an activating group) is 1. The molecule has 0 saturated heterocycles. The molecule has 2 amide bonds. The first-order valence-electron chi connectivity index (χ1n) is 7.97. The second-order valence-corrected chi connectivity index (χ2v) is 6.43. The predicted molar refractivity (Wildman–Crippen MR) is 91.7 cm³/mol. The normalized spacial score (nSPS) is 10.8. The monoisotopic (exact) mass is 320 g/mol. The lowest BCUT2D eigenvalue weighted by atomic mass is 9.98. The van der Waals surface area contributed by atoms with E-state index in [-0.39, 0.29) is 31.0 Å². The Balaban J connectivity index is 2.52. The van der Waals surface area contributed by atoms with E-state index in [1.165, 1.54) is 10.5 Å². The molecule has 0 unspecified atom stereocenters. The van der Waals surface area contributed by atoms with Crippen molar-refractivity contribution in [3.63, 3.8) is 0 Å². The standard InChI is InChI=1S/C18H28N2O3/c1-12(2)16-8-7-15(9-14(16)5)23-11-18(22)20(6)10-17(21)19-13(3)4/h7-9,12-13H,10-11H2,1-6H3,(H,19,21). The summed E-state index contributed by atoms with van der Waals surface area (Å²) in [5.74, 6) is 0.721. The molecule has 5 nitrogen and oxygen atoms in total. The number of hydrogen-bond acceptors (Lipinski definition) is 3. The van der Waals surface area contributed by atoms with Crippen molar-refractivity contribution >= 4 is 11.8 Å². The van der Waals surface area contributed by atoms with Crippen LogP contribution in [0.5, 0.6) is 5.75 Å². The van der Waals surface area contributed by atoms with E-state index in [4.69, 9.17) is 4.74 Å². The van der Waals surface area contributed by atoms with Gasteiger partial charge in [-0.2, -0.15) is 0 Å². The van der Waals surface area contributed by atoms with Crippen LogP contribution in [0.1, 0.15) is 44.7 Å². The van der Waals surface area contributed by atoms with Crippen LogP contribution in [0.3, 0.4) is 0 Å².